The van der Waals surface area contributed by atoms with Crippen LogP contribution in [0.25, 0.3) is 0 Å². The van der Waals surface area contributed by atoms with Gasteiger partial charge in [-0.15, -0.1) is 0 Å². The van der Waals surface area contributed by atoms with Gasteiger partial charge in [0.2, 0.25) is 0 Å². The van der Waals surface area contributed by atoms with E-state index in [0.29, 0.717) is 12.0 Å². The van der Waals surface area contributed by atoms with Crippen molar-refractivity contribution in [2.75, 3.05) is 6.61 Å². The molecule has 5 heteroatoms. The number of aromatic nitrogens is 2. The molecule has 0 aliphatic carbocycles. The normalized spacial score (nSPS) is 12.2. The lowest BCUT2D eigenvalue weighted by Gasteiger charge is -2.10. The third kappa shape index (κ3) is 2.68. The number of carbonyl (C=O) groups excluding carboxylic acids is 2. The first-order valence-electron chi connectivity index (χ1n) is 5.29. The predicted molar refractivity (Wildman–Crippen MR) is 58.0 cm³/mol. The minimum atomic E-state index is -0.718. The van der Waals surface area contributed by atoms with Crippen molar-refractivity contribution < 1.29 is 14.3 Å². The summed E-state index contributed by atoms with van der Waals surface area (Å²) < 4.78 is 6.39. The van der Waals surface area contributed by atoms with Crippen LogP contribution in [0.1, 0.15) is 30.6 Å². The Hall–Kier alpha value is -1.65. The van der Waals surface area contributed by atoms with Crippen LogP contribution in [0.4, 0.5) is 0 Å². The first kappa shape index (κ1) is 12.4. The van der Waals surface area contributed by atoms with E-state index in [1.165, 1.54) is 10.9 Å². The van der Waals surface area contributed by atoms with Crippen LogP contribution in [0.5, 0.6) is 0 Å². The summed E-state index contributed by atoms with van der Waals surface area (Å²) >= 11 is 0. The molecule has 0 bridgehead atoms. The molecule has 1 aromatic heterocycles. The molecule has 5 nitrogen and oxygen atoms in total. The number of rotatable bonds is 5. The van der Waals surface area contributed by atoms with Gasteiger partial charge >= 0.3 is 5.97 Å². The van der Waals surface area contributed by atoms with Gasteiger partial charge in [0.25, 0.3) is 0 Å². The molecule has 0 radical (unpaired) electrons. The Labute approximate surface area is 94.4 Å². The smallest absolute Gasteiger partial charge is 0.316 e. The minimum Gasteiger partial charge on any atom is -0.465 e. The molecular weight excluding hydrogens is 208 g/mol. The molecule has 0 aliphatic rings. The van der Waals surface area contributed by atoms with E-state index in [4.69, 9.17) is 4.74 Å². The maximum absolute atomic E-state index is 12.0. The van der Waals surface area contributed by atoms with E-state index >= 15 is 0 Å². The molecule has 1 heterocycles. The average molecular weight is 224 g/mol. The summed E-state index contributed by atoms with van der Waals surface area (Å²) in [6.07, 6.45) is 3.50. The van der Waals surface area contributed by atoms with Crippen LogP contribution in [0.3, 0.4) is 0 Å². The molecule has 1 aromatic rings. The second kappa shape index (κ2) is 5.44. The molecule has 0 aliphatic heterocycles. The number of Topliss-reactive ketones (excluding diaryl/α,β-unsaturated/α-hetero) is 1. The average Bonchev–Trinajstić information content (AvgIpc) is 2.66. The van der Waals surface area contributed by atoms with Crippen molar-refractivity contribution in [3.05, 3.63) is 18.0 Å². The van der Waals surface area contributed by atoms with Crippen LogP contribution in [0.2, 0.25) is 0 Å². The third-order valence-electron chi connectivity index (χ3n) is 2.29. The summed E-state index contributed by atoms with van der Waals surface area (Å²) in [5.74, 6) is -1.41. The highest BCUT2D eigenvalue weighted by Gasteiger charge is 2.27. The highest BCUT2D eigenvalue weighted by atomic mass is 16.5. The Morgan fingerprint density at radius 3 is 2.62 bits per heavy atom. The van der Waals surface area contributed by atoms with Gasteiger partial charge < -0.3 is 4.74 Å². The van der Waals surface area contributed by atoms with Crippen LogP contribution < -0.4 is 0 Å². The van der Waals surface area contributed by atoms with E-state index in [9.17, 15) is 9.59 Å². The first-order valence-corrected chi connectivity index (χ1v) is 5.29. The molecule has 1 atom stereocenters. The molecule has 1 unspecified atom stereocenters. The third-order valence-corrected chi connectivity index (χ3v) is 2.29. The number of carbonyl (C=O) groups is 2. The topological polar surface area (TPSA) is 61.2 Å². The Bertz CT molecular complexity index is 384. The van der Waals surface area contributed by atoms with Crippen LogP contribution in [-0.2, 0) is 16.6 Å². The Morgan fingerprint density at radius 2 is 2.19 bits per heavy atom. The van der Waals surface area contributed by atoms with Gasteiger partial charge in [-0.05, 0) is 13.3 Å². The number of aryl methyl sites for hydroxylation is 1. The Morgan fingerprint density at radius 1 is 1.50 bits per heavy atom. The standard InChI is InChI=1S/C11H16N2O3/c1-4-9(11(15)16-5-2)10(14)8-6-12-13(3)7-8/h6-7,9H,4-5H2,1-3H3. The summed E-state index contributed by atoms with van der Waals surface area (Å²) in [5, 5.41) is 3.90. The van der Waals surface area contributed by atoms with Crippen LogP contribution in [0, 0.1) is 5.92 Å². The van der Waals surface area contributed by atoms with E-state index in [1.54, 1.807) is 27.1 Å². The van der Waals surface area contributed by atoms with Gasteiger partial charge in [0, 0.05) is 13.2 Å². The Kier molecular flexibility index (Phi) is 4.22. The maximum atomic E-state index is 12.0. The van der Waals surface area contributed by atoms with Crippen molar-refractivity contribution in [1.29, 1.82) is 0 Å². The van der Waals surface area contributed by atoms with E-state index in [-0.39, 0.29) is 12.4 Å². The summed E-state index contributed by atoms with van der Waals surface area (Å²) in [7, 11) is 1.72. The van der Waals surface area contributed by atoms with Gasteiger partial charge in [-0.1, -0.05) is 6.92 Å². The van der Waals surface area contributed by atoms with Gasteiger partial charge in [0.15, 0.2) is 5.78 Å². The van der Waals surface area contributed by atoms with Crippen LogP contribution in [0.15, 0.2) is 12.4 Å². The van der Waals surface area contributed by atoms with Gasteiger partial charge in [0.05, 0.1) is 18.4 Å². The molecule has 0 N–H and O–H groups in total. The van der Waals surface area contributed by atoms with Gasteiger partial charge in [0.1, 0.15) is 5.92 Å². The van der Waals surface area contributed by atoms with Crippen LogP contribution >= 0.6 is 0 Å². The van der Waals surface area contributed by atoms with Crippen molar-refractivity contribution in [1.82, 2.24) is 9.78 Å². The molecule has 0 saturated carbocycles. The van der Waals surface area contributed by atoms with E-state index in [2.05, 4.69) is 5.10 Å². The molecular formula is C11H16N2O3. The molecule has 0 fully saturated rings. The SMILES string of the molecule is CCOC(=O)C(CC)C(=O)c1cnn(C)c1. The number of hydrogen-bond donors (Lipinski definition) is 0. The number of ketones is 1. The lowest BCUT2D eigenvalue weighted by atomic mass is 9.97. The number of ether oxygens (including phenoxy) is 1. The molecule has 0 saturated heterocycles. The second-order valence-electron chi connectivity index (χ2n) is 3.48. The highest BCUT2D eigenvalue weighted by molar-refractivity contribution is 6.08. The highest BCUT2D eigenvalue weighted by Crippen LogP contribution is 2.13. The van der Waals surface area contributed by atoms with Crippen molar-refractivity contribution in [3.8, 4) is 0 Å². The minimum absolute atomic E-state index is 0.228. The van der Waals surface area contributed by atoms with Crippen molar-refractivity contribution in [3.63, 3.8) is 0 Å². The first-order chi connectivity index (χ1) is 7.60. The fourth-order valence-corrected chi connectivity index (χ4v) is 1.45. The molecule has 88 valence electrons. The largest absolute Gasteiger partial charge is 0.465 e. The van der Waals surface area contributed by atoms with Gasteiger partial charge in [-0.3, -0.25) is 14.3 Å². The zero-order chi connectivity index (χ0) is 12.1. The fraction of sp³-hybridized carbons (Fsp3) is 0.545. The van der Waals surface area contributed by atoms with Gasteiger partial charge in [-0.2, -0.15) is 5.10 Å². The van der Waals surface area contributed by atoms with Crippen molar-refractivity contribution in [2.24, 2.45) is 13.0 Å². The maximum Gasteiger partial charge on any atom is 0.316 e. The van der Waals surface area contributed by atoms with Crippen molar-refractivity contribution >= 4 is 11.8 Å². The van der Waals surface area contributed by atoms with E-state index in [0.717, 1.165) is 0 Å². The fourth-order valence-electron chi connectivity index (χ4n) is 1.45. The predicted octanol–water partition coefficient (Wildman–Crippen LogP) is 1.19. The molecule has 1 rings (SSSR count). The van der Waals surface area contributed by atoms with Crippen LogP contribution in [-0.4, -0.2) is 28.1 Å². The molecule has 0 spiro atoms. The van der Waals surface area contributed by atoms with Crippen molar-refractivity contribution in [2.45, 2.75) is 20.3 Å². The summed E-state index contributed by atoms with van der Waals surface area (Å²) in [6, 6.07) is 0. The van der Waals surface area contributed by atoms with Gasteiger partial charge in [-0.25, -0.2) is 0 Å². The summed E-state index contributed by atoms with van der Waals surface area (Å²) in [6.45, 7) is 3.80. The molecule has 0 amide bonds. The quantitative estimate of drug-likeness (QED) is 0.428. The van der Waals surface area contributed by atoms with E-state index in [1.807, 2.05) is 0 Å². The van der Waals surface area contributed by atoms with E-state index < -0.39 is 11.9 Å². The lowest BCUT2D eigenvalue weighted by Crippen LogP contribution is -2.25. The summed E-state index contributed by atoms with van der Waals surface area (Å²) in [4.78, 5) is 23.5. The summed E-state index contributed by atoms with van der Waals surface area (Å²) in [5.41, 5.74) is 0.447. The second-order valence-corrected chi connectivity index (χ2v) is 3.48. The lowest BCUT2D eigenvalue weighted by molar-refractivity contribution is -0.146. The Balaban J connectivity index is 2.81. The number of nitrogens with zero attached hydrogens (tertiary/aromatic N) is 2. The monoisotopic (exact) mass is 224 g/mol. The zero-order valence-electron chi connectivity index (χ0n) is 9.77. The molecule has 0 aromatic carbocycles. The number of hydrogen-bond acceptors (Lipinski definition) is 4. The number of esters is 1. The zero-order valence-corrected chi connectivity index (χ0v) is 9.77. The molecule has 16 heavy (non-hydrogen) atoms.